The van der Waals surface area contributed by atoms with Crippen molar-refractivity contribution in [1.82, 2.24) is 40.1 Å². The molecule has 0 fully saturated rings. The Labute approximate surface area is 172 Å². The number of hydrogen-bond acceptors (Lipinski definition) is 10. The summed E-state index contributed by atoms with van der Waals surface area (Å²) in [4.78, 5) is 18.6. The molecule has 1 aromatic carbocycles. The summed E-state index contributed by atoms with van der Waals surface area (Å²) >= 11 is 0. The Kier molecular flexibility index (Phi) is 5.16. The lowest BCUT2D eigenvalue weighted by molar-refractivity contribution is 0.418. The third-order valence-corrected chi connectivity index (χ3v) is 4.12. The van der Waals surface area contributed by atoms with Crippen molar-refractivity contribution in [2.75, 3.05) is 17.7 Å². The van der Waals surface area contributed by atoms with Gasteiger partial charge in [0.05, 0.1) is 25.4 Å². The van der Waals surface area contributed by atoms with Crippen LogP contribution in [0.15, 0.2) is 36.7 Å². The molecule has 0 unspecified atom stereocenters. The van der Waals surface area contributed by atoms with E-state index in [1.54, 1.807) is 20.2 Å². The van der Waals surface area contributed by atoms with Crippen LogP contribution >= 0.6 is 0 Å². The molecule has 4 rings (SSSR count). The Balaban J connectivity index is 1.61. The molecule has 0 aliphatic carbocycles. The Hall–Kier alpha value is -4.15. The van der Waals surface area contributed by atoms with E-state index in [0.29, 0.717) is 40.5 Å². The van der Waals surface area contributed by atoms with Crippen molar-refractivity contribution in [3.05, 3.63) is 48.2 Å². The number of ether oxygens (including phenoxy) is 1. The van der Waals surface area contributed by atoms with Gasteiger partial charge in [-0.1, -0.05) is 6.07 Å². The summed E-state index contributed by atoms with van der Waals surface area (Å²) in [6.07, 6.45) is 1.46. The summed E-state index contributed by atoms with van der Waals surface area (Å²) in [6, 6.07) is 9.25. The van der Waals surface area contributed by atoms with Gasteiger partial charge in [-0.3, -0.25) is 0 Å². The molecule has 3 aromatic heterocycles. The summed E-state index contributed by atoms with van der Waals surface area (Å²) < 4.78 is 5.61. The molecule has 0 aliphatic heterocycles. The lowest BCUT2D eigenvalue weighted by atomic mass is 10.1. The zero-order valence-electron chi connectivity index (χ0n) is 17.0. The molecule has 11 heteroatoms. The summed E-state index contributed by atoms with van der Waals surface area (Å²) in [6.45, 7) is 3.76. The zero-order valence-corrected chi connectivity index (χ0v) is 17.0. The Bertz CT molecular complexity index is 1170. The second kappa shape index (κ2) is 8.07. The van der Waals surface area contributed by atoms with Crippen molar-refractivity contribution in [2.24, 2.45) is 7.05 Å². The second-order valence-corrected chi connectivity index (χ2v) is 6.47. The van der Waals surface area contributed by atoms with E-state index in [4.69, 9.17) is 4.74 Å². The molecule has 0 radical (unpaired) electrons. The van der Waals surface area contributed by atoms with Gasteiger partial charge in [0.25, 0.3) is 0 Å². The van der Waals surface area contributed by atoms with Crippen LogP contribution in [0, 0.1) is 13.8 Å². The van der Waals surface area contributed by atoms with Gasteiger partial charge in [0.1, 0.15) is 29.6 Å². The minimum Gasteiger partial charge on any atom is -0.494 e. The molecule has 4 aromatic rings. The van der Waals surface area contributed by atoms with E-state index >= 15 is 0 Å². The monoisotopic (exact) mass is 404 g/mol. The van der Waals surface area contributed by atoms with Gasteiger partial charge in [0.2, 0.25) is 5.82 Å². The van der Waals surface area contributed by atoms with Crippen LogP contribution in [-0.2, 0) is 7.05 Å². The highest BCUT2D eigenvalue weighted by molar-refractivity contribution is 5.77. The molecule has 0 saturated heterocycles. The number of benzene rings is 1. The van der Waals surface area contributed by atoms with Crippen LogP contribution in [0.3, 0.4) is 0 Å². The SMILES string of the molecule is COc1c(Nc2cc(Nc3cc(C)nc(C)n3)ncn2)cccc1-c1nnn(C)n1. The fourth-order valence-corrected chi connectivity index (χ4v) is 2.97. The maximum atomic E-state index is 5.61. The van der Waals surface area contributed by atoms with Crippen LogP contribution in [0.2, 0.25) is 0 Å². The smallest absolute Gasteiger partial charge is 0.208 e. The molecule has 0 spiro atoms. The van der Waals surface area contributed by atoms with Crippen molar-refractivity contribution in [3.63, 3.8) is 0 Å². The van der Waals surface area contributed by atoms with Crippen LogP contribution in [-0.4, -0.2) is 47.3 Å². The maximum absolute atomic E-state index is 5.61. The number of tetrazole rings is 1. The summed E-state index contributed by atoms with van der Waals surface area (Å²) in [5.41, 5.74) is 2.30. The average Bonchev–Trinajstić information content (AvgIpc) is 3.13. The molecule has 0 atom stereocenters. The zero-order chi connectivity index (χ0) is 21.1. The minimum absolute atomic E-state index is 0.470. The lowest BCUT2D eigenvalue weighted by Gasteiger charge is -2.13. The largest absolute Gasteiger partial charge is 0.494 e. The summed E-state index contributed by atoms with van der Waals surface area (Å²) in [5, 5.41) is 18.6. The van der Waals surface area contributed by atoms with Crippen LogP contribution in [0.5, 0.6) is 5.75 Å². The Morgan fingerprint density at radius 3 is 2.47 bits per heavy atom. The first-order valence-corrected chi connectivity index (χ1v) is 9.11. The molecule has 152 valence electrons. The fraction of sp³-hybridized carbons (Fsp3) is 0.211. The van der Waals surface area contributed by atoms with Gasteiger partial charge in [-0.15, -0.1) is 10.2 Å². The van der Waals surface area contributed by atoms with E-state index in [0.717, 1.165) is 11.3 Å². The number of nitrogens with zero attached hydrogens (tertiary/aromatic N) is 8. The third-order valence-electron chi connectivity index (χ3n) is 4.12. The number of hydrogen-bond donors (Lipinski definition) is 2. The molecule has 0 aliphatic rings. The topological polar surface area (TPSA) is 128 Å². The predicted molar refractivity (Wildman–Crippen MR) is 111 cm³/mol. The van der Waals surface area contributed by atoms with Gasteiger partial charge in [-0.25, -0.2) is 19.9 Å². The van der Waals surface area contributed by atoms with Gasteiger partial charge < -0.3 is 15.4 Å². The Morgan fingerprint density at radius 1 is 0.967 bits per heavy atom. The number of methoxy groups -OCH3 is 1. The van der Waals surface area contributed by atoms with E-state index in [1.807, 2.05) is 38.1 Å². The van der Waals surface area contributed by atoms with Gasteiger partial charge in [0, 0.05) is 17.8 Å². The standard InChI is InChI=1S/C19H20N10O/c1-11-8-17(23-12(2)22-11)25-16-9-15(20-10-21-16)24-14-7-5-6-13(18(14)30-4)19-26-28-29(3)27-19/h5-10H,1-4H3,(H2,20,21,22,23,24,25). The van der Waals surface area contributed by atoms with Crippen LogP contribution in [0.25, 0.3) is 11.4 Å². The molecular weight excluding hydrogens is 384 g/mol. The lowest BCUT2D eigenvalue weighted by Crippen LogP contribution is -2.03. The molecule has 11 nitrogen and oxygen atoms in total. The highest BCUT2D eigenvalue weighted by Crippen LogP contribution is 2.36. The van der Waals surface area contributed by atoms with E-state index in [1.165, 1.54) is 11.1 Å². The first kappa shape index (κ1) is 19.2. The van der Waals surface area contributed by atoms with Gasteiger partial charge in [-0.2, -0.15) is 4.80 Å². The number of anilines is 4. The molecule has 0 saturated carbocycles. The molecule has 30 heavy (non-hydrogen) atoms. The summed E-state index contributed by atoms with van der Waals surface area (Å²) in [7, 11) is 3.30. The third kappa shape index (κ3) is 4.14. The van der Waals surface area contributed by atoms with Crippen LogP contribution in [0.1, 0.15) is 11.5 Å². The number of para-hydroxylation sites is 1. The van der Waals surface area contributed by atoms with Crippen molar-refractivity contribution in [1.29, 1.82) is 0 Å². The Morgan fingerprint density at radius 2 is 1.77 bits per heavy atom. The van der Waals surface area contributed by atoms with E-state index in [-0.39, 0.29) is 0 Å². The van der Waals surface area contributed by atoms with Gasteiger partial charge in [-0.05, 0) is 31.2 Å². The first-order chi connectivity index (χ1) is 14.5. The van der Waals surface area contributed by atoms with E-state index < -0.39 is 0 Å². The number of aryl methyl sites for hydroxylation is 3. The number of nitrogens with one attached hydrogen (secondary N) is 2. The van der Waals surface area contributed by atoms with Crippen molar-refractivity contribution in [3.8, 4) is 17.1 Å². The quantitative estimate of drug-likeness (QED) is 0.494. The maximum Gasteiger partial charge on any atom is 0.208 e. The highest BCUT2D eigenvalue weighted by Gasteiger charge is 2.15. The normalized spacial score (nSPS) is 10.7. The predicted octanol–water partition coefficient (Wildman–Crippen LogP) is 2.57. The highest BCUT2D eigenvalue weighted by atomic mass is 16.5. The van der Waals surface area contributed by atoms with E-state index in [2.05, 4.69) is 46.0 Å². The minimum atomic E-state index is 0.470. The fourth-order valence-electron chi connectivity index (χ4n) is 2.97. The second-order valence-electron chi connectivity index (χ2n) is 6.47. The molecule has 0 amide bonds. The van der Waals surface area contributed by atoms with Crippen molar-refractivity contribution < 1.29 is 4.74 Å². The molecule has 0 bridgehead atoms. The van der Waals surface area contributed by atoms with Crippen molar-refractivity contribution in [2.45, 2.75) is 13.8 Å². The van der Waals surface area contributed by atoms with E-state index in [9.17, 15) is 0 Å². The van der Waals surface area contributed by atoms with Crippen molar-refractivity contribution >= 4 is 23.1 Å². The van der Waals surface area contributed by atoms with Gasteiger partial charge in [0.15, 0.2) is 5.75 Å². The van der Waals surface area contributed by atoms with Gasteiger partial charge >= 0.3 is 0 Å². The number of aromatic nitrogens is 8. The van der Waals surface area contributed by atoms with Crippen LogP contribution in [0.4, 0.5) is 23.1 Å². The first-order valence-electron chi connectivity index (χ1n) is 9.11. The average molecular weight is 404 g/mol. The van der Waals surface area contributed by atoms with Crippen LogP contribution < -0.4 is 15.4 Å². The number of rotatable bonds is 6. The molecule has 3 heterocycles. The summed E-state index contributed by atoms with van der Waals surface area (Å²) in [5.74, 6) is 3.58. The molecular formula is C19H20N10O. The molecule has 2 N–H and O–H groups in total.